The Morgan fingerprint density at radius 1 is 1.29 bits per heavy atom. The van der Waals surface area contributed by atoms with Crippen molar-refractivity contribution in [1.82, 2.24) is 25.3 Å². The van der Waals surface area contributed by atoms with Crippen LogP contribution in [0.2, 0.25) is 0 Å². The molecule has 0 unspecified atom stereocenters. The monoisotopic (exact) mass is 498 g/mol. The van der Waals surface area contributed by atoms with Crippen LogP contribution in [0.3, 0.4) is 0 Å². The van der Waals surface area contributed by atoms with Gasteiger partial charge in [-0.1, -0.05) is 26.0 Å². The van der Waals surface area contributed by atoms with Gasteiger partial charge in [-0.15, -0.1) is 24.0 Å². The van der Waals surface area contributed by atoms with Crippen molar-refractivity contribution in [3.8, 4) is 0 Å². The molecule has 0 radical (unpaired) electrons. The van der Waals surface area contributed by atoms with Gasteiger partial charge in [-0.05, 0) is 23.6 Å². The Balaban J connectivity index is 0.00000392. The second kappa shape index (κ2) is 11.0. The van der Waals surface area contributed by atoms with Crippen molar-refractivity contribution in [2.75, 3.05) is 21.1 Å². The number of nitrogens with zero attached hydrogens (tertiary/aromatic N) is 4. The quantitative estimate of drug-likeness (QED) is 0.365. The Bertz CT molecular complexity index is 798. The van der Waals surface area contributed by atoms with Gasteiger partial charge in [-0.3, -0.25) is 14.5 Å². The highest BCUT2D eigenvalue weighted by molar-refractivity contribution is 14.0. The highest BCUT2D eigenvalue weighted by Crippen LogP contribution is 2.18. The molecule has 2 rings (SSSR count). The second-order valence-electron chi connectivity index (χ2n) is 6.90. The lowest BCUT2D eigenvalue weighted by atomic mass is 10.1. The molecule has 2 N–H and O–H groups in total. The molecule has 1 aromatic heterocycles. The van der Waals surface area contributed by atoms with E-state index in [-0.39, 0.29) is 29.9 Å². The molecular weight excluding hydrogens is 467 g/mol. The van der Waals surface area contributed by atoms with E-state index in [1.165, 1.54) is 5.56 Å². The summed E-state index contributed by atoms with van der Waals surface area (Å²) < 4.78 is 1.86. The molecule has 0 aliphatic rings. The molecule has 0 atom stereocenters. The third kappa shape index (κ3) is 6.22. The molecule has 7 nitrogen and oxygen atoms in total. The summed E-state index contributed by atoms with van der Waals surface area (Å²) >= 11 is 0. The highest BCUT2D eigenvalue weighted by atomic mass is 127. The fourth-order valence-corrected chi connectivity index (χ4v) is 2.98. The fourth-order valence-electron chi connectivity index (χ4n) is 2.98. The average molecular weight is 498 g/mol. The number of carbonyl (C=O) groups excluding carboxylic acids is 1. The van der Waals surface area contributed by atoms with E-state index >= 15 is 0 Å². The normalized spacial score (nSPS) is 11.2. The Morgan fingerprint density at radius 3 is 2.46 bits per heavy atom. The van der Waals surface area contributed by atoms with Crippen molar-refractivity contribution in [3.63, 3.8) is 0 Å². The van der Waals surface area contributed by atoms with Crippen molar-refractivity contribution in [1.29, 1.82) is 0 Å². The maximum absolute atomic E-state index is 11.6. The molecule has 0 saturated heterocycles. The van der Waals surface area contributed by atoms with Crippen LogP contribution in [0.5, 0.6) is 0 Å². The molecule has 2 aromatic rings. The van der Waals surface area contributed by atoms with Crippen molar-refractivity contribution >= 4 is 35.8 Å². The number of benzene rings is 1. The lowest BCUT2D eigenvalue weighted by molar-refractivity contribution is 0.0963. The molecular formula is C20H31IN6O. The number of hydrogen-bond donors (Lipinski definition) is 2. The summed E-state index contributed by atoms with van der Waals surface area (Å²) in [6.45, 7) is 5.68. The number of aliphatic imine (C=N–C) groups is 1. The first-order valence-electron chi connectivity index (χ1n) is 9.11. The number of aromatic nitrogens is 2. The maximum atomic E-state index is 11.6. The van der Waals surface area contributed by atoms with Gasteiger partial charge in [0.25, 0.3) is 5.91 Å². The van der Waals surface area contributed by atoms with Crippen molar-refractivity contribution < 1.29 is 4.79 Å². The Kier molecular flexibility index (Phi) is 9.44. The number of carbonyl (C=O) groups is 1. The summed E-state index contributed by atoms with van der Waals surface area (Å²) in [7, 11) is 7.37. The Hall–Kier alpha value is -2.10. The summed E-state index contributed by atoms with van der Waals surface area (Å²) in [6.07, 6.45) is 2.07. The summed E-state index contributed by atoms with van der Waals surface area (Å²) in [6, 6.07) is 7.55. The van der Waals surface area contributed by atoms with Crippen LogP contribution in [0.1, 0.15) is 46.9 Å². The van der Waals surface area contributed by atoms with E-state index in [1.807, 2.05) is 43.0 Å². The number of guanidine groups is 1. The largest absolute Gasteiger partial charge is 0.355 e. The van der Waals surface area contributed by atoms with Gasteiger partial charge in [0.15, 0.2) is 5.96 Å². The van der Waals surface area contributed by atoms with E-state index < -0.39 is 0 Å². The van der Waals surface area contributed by atoms with Crippen LogP contribution in [0, 0.1) is 0 Å². The summed E-state index contributed by atoms with van der Waals surface area (Å²) in [5, 5.41) is 10.6. The lowest BCUT2D eigenvalue weighted by Gasteiger charge is -2.22. The zero-order valence-electron chi connectivity index (χ0n) is 17.5. The highest BCUT2D eigenvalue weighted by Gasteiger charge is 2.15. The standard InChI is InChI=1S/C20H30N6O.HI/c1-14(2)18-17(13-26(6)24-18)12-25(5)20(22-4)23-11-15-7-9-16(10-8-15)19(27)21-3;/h7-10,13-14H,11-12H2,1-6H3,(H,21,27)(H,22,23);1H. The number of nitrogens with one attached hydrogen (secondary N) is 2. The average Bonchev–Trinajstić information content (AvgIpc) is 3.02. The van der Waals surface area contributed by atoms with E-state index in [0.29, 0.717) is 18.0 Å². The minimum atomic E-state index is -0.0810. The summed E-state index contributed by atoms with van der Waals surface area (Å²) in [5.74, 6) is 1.11. The third-order valence-corrected chi connectivity index (χ3v) is 4.36. The van der Waals surface area contributed by atoms with Gasteiger partial charge in [-0.2, -0.15) is 5.10 Å². The predicted octanol–water partition coefficient (Wildman–Crippen LogP) is 2.73. The van der Waals surface area contributed by atoms with Gasteiger partial charge in [0.1, 0.15) is 0 Å². The van der Waals surface area contributed by atoms with Crippen LogP contribution in [-0.2, 0) is 20.1 Å². The third-order valence-electron chi connectivity index (χ3n) is 4.36. The Morgan fingerprint density at radius 2 is 1.93 bits per heavy atom. The van der Waals surface area contributed by atoms with Crippen LogP contribution >= 0.6 is 24.0 Å². The molecule has 0 fully saturated rings. The van der Waals surface area contributed by atoms with Crippen LogP contribution in [0.4, 0.5) is 0 Å². The smallest absolute Gasteiger partial charge is 0.251 e. The first kappa shape index (κ1) is 23.9. The van der Waals surface area contributed by atoms with Gasteiger partial charge in [0.05, 0.1) is 5.69 Å². The fraction of sp³-hybridized carbons (Fsp3) is 0.450. The van der Waals surface area contributed by atoms with E-state index in [2.05, 4.69) is 45.7 Å². The number of amides is 1. The summed E-state index contributed by atoms with van der Waals surface area (Å²) in [4.78, 5) is 18.1. The molecule has 0 spiro atoms. The zero-order valence-corrected chi connectivity index (χ0v) is 19.8. The SMILES string of the molecule is CN=C(NCc1ccc(C(=O)NC)cc1)N(C)Cc1cn(C)nc1C(C)C.I. The number of aryl methyl sites for hydroxylation is 1. The topological polar surface area (TPSA) is 74.6 Å². The van der Waals surface area contributed by atoms with E-state index in [4.69, 9.17) is 0 Å². The number of rotatable bonds is 6. The van der Waals surface area contributed by atoms with Crippen molar-refractivity contribution in [2.24, 2.45) is 12.0 Å². The van der Waals surface area contributed by atoms with Crippen LogP contribution in [-0.4, -0.2) is 47.7 Å². The van der Waals surface area contributed by atoms with Crippen LogP contribution in [0.15, 0.2) is 35.5 Å². The minimum Gasteiger partial charge on any atom is -0.355 e. The second-order valence-corrected chi connectivity index (χ2v) is 6.90. The summed E-state index contributed by atoms with van der Waals surface area (Å²) in [5.41, 5.74) is 4.06. The first-order valence-corrected chi connectivity index (χ1v) is 9.11. The molecule has 0 saturated carbocycles. The van der Waals surface area contributed by atoms with Crippen molar-refractivity contribution in [3.05, 3.63) is 52.8 Å². The van der Waals surface area contributed by atoms with Crippen LogP contribution < -0.4 is 10.6 Å². The first-order chi connectivity index (χ1) is 12.8. The maximum Gasteiger partial charge on any atom is 0.251 e. The molecule has 1 aromatic carbocycles. The molecule has 0 aliphatic carbocycles. The predicted molar refractivity (Wildman–Crippen MR) is 124 cm³/mol. The number of halogens is 1. The molecule has 8 heteroatoms. The zero-order chi connectivity index (χ0) is 20.0. The van der Waals surface area contributed by atoms with Gasteiger partial charge < -0.3 is 15.5 Å². The number of hydrogen-bond acceptors (Lipinski definition) is 3. The van der Waals surface area contributed by atoms with E-state index in [9.17, 15) is 4.79 Å². The molecule has 0 aliphatic heterocycles. The van der Waals surface area contributed by atoms with E-state index in [1.54, 1.807) is 14.1 Å². The molecule has 0 bridgehead atoms. The van der Waals surface area contributed by atoms with Crippen LogP contribution in [0.25, 0.3) is 0 Å². The van der Waals surface area contributed by atoms with E-state index in [0.717, 1.165) is 23.8 Å². The van der Waals surface area contributed by atoms with Gasteiger partial charge >= 0.3 is 0 Å². The molecule has 1 heterocycles. The molecule has 1 amide bonds. The lowest BCUT2D eigenvalue weighted by Crippen LogP contribution is -2.38. The van der Waals surface area contributed by atoms with Crippen molar-refractivity contribution in [2.45, 2.75) is 32.9 Å². The molecule has 154 valence electrons. The minimum absolute atomic E-state index is 0. The molecule has 28 heavy (non-hydrogen) atoms. The van der Waals surface area contributed by atoms with Gasteiger partial charge in [0, 0.05) is 58.6 Å². The van der Waals surface area contributed by atoms with Gasteiger partial charge in [0.2, 0.25) is 0 Å². The van der Waals surface area contributed by atoms with Gasteiger partial charge in [-0.25, -0.2) is 0 Å². The Labute approximate surface area is 184 Å².